The van der Waals surface area contributed by atoms with Crippen LogP contribution in [0.15, 0.2) is 42.7 Å². The lowest BCUT2D eigenvalue weighted by molar-refractivity contribution is 0.283. The summed E-state index contributed by atoms with van der Waals surface area (Å²) in [5.74, 6) is 1.15. The molecule has 0 amide bonds. The molecular formula is C18H26N4O2S. The SMILES string of the molecule is CCn1ccnc1[C@@H]1CCCN(S(=O)(=O)N(C)Cc2ccccc2)C1. The number of benzene rings is 1. The highest BCUT2D eigenvalue weighted by Gasteiger charge is 2.33. The van der Waals surface area contributed by atoms with Crippen LogP contribution in [0.4, 0.5) is 0 Å². The van der Waals surface area contributed by atoms with Crippen molar-refractivity contribution in [3.63, 3.8) is 0 Å². The highest BCUT2D eigenvalue weighted by Crippen LogP contribution is 2.28. The van der Waals surface area contributed by atoms with Crippen molar-refractivity contribution in [1.29, 1.82) is 0 Å². The summed E-state index contributed by atoms with van der Waals surface area (Å²) in [4.78, 5) is 4.47. The second kappa shape index (κ2) is 7.68. The van der Waals surface area contributed by atoms with Gasteiger partial charge < -0.3 is 4.57 Å². The summed E-state index contributed by atoms with van der Waals surface area (Å²) < 4.78 is 31.1. The first-order valence-corrected chi connectivity index (χ1v) is 10.2. The zero-order chi connectivity index (χ0) is 17.9. The third-order valence-electron chi connectivity index (χ3n) is 4.81. The molecule has 0 spiro atoms. The number of aryl methyl sites for hydroxylation is 1. The normalized spacial score (nSPS) is 19.4. The van der Waals surface area contributed by atoms with Crippen molar-refractivity contribution in [3.8, 4) is 0 Å². The maximum atomic E-state index is 13.0. The average Bonchev–Trinajstić information content (AvgIpc) is 3.11. The van der Waals surface area contributed by atoms with E-state index in [1.165, 1.54) is 4.31 Å². The Kier molecular flexibility index (Phi) is 5.56. The molecule has 3 rings (SSSR count). The van der Waals surface area contributed by atoms with Gasteiger partial charge in [0.05, 0.1) is 0 Å². The Labute approximate surface area is 150 Å². The fraction of sp³-hybridized carbons (Fsp3) is 0.500. The van der Waals surface area contributed by atoms with E-state index in [2.05, 4.69) is 16.5 Å². The van der Waals surface area contributed by atoms with Crippen molar-refractivity contribution in [3.05, 3.63) is 54.1 Å². The Balaban J connectivity index is 1.73. The Morgan fingerprint density at radius 1 is 1.28 bits per heavy atom. The molecular weight excluding hydrogens is 336 g/mol. The molecule has 136 valence electrons. The molecule has 1 aliphatic rings. The van der Waals surface area contributed by atoms with Gasteiger partial charge in [-0.3, -0.25) is 0 Å². The molecule has 0 N–H and O–H groups in total. The van der Waals surface area contributed by atoms with E-state index in [1.54, 1.807) is 17.5 Å². The summed E-state index contributed by atoms with van der Waals surface area (Å²) in [5.41, 5.74) is 0.990. The van der Waals surface area contributed by atoms with Gasteiger partial charge in [0.15, 0.2) is 0 Å². The van der Waals surface area contributed by atoms with Gasteiger partial charge >= 0.3 is 0 Å². The van der Waals surface area contributed by atoms with Crippen molar-refractivity contribution in [2.24, 2.45) is 0 Å². The molecule has 0 aliphatic carbocycles. The van der Waals surface area contributed by atoms with E-state index < -0.39 is 10.2 Å². The third kappa shape index (κ3) is 3.94. The zero-order valence-corrected chi connectivity index (χ0v) is 15.7. The summed E-state index contributed by atoms with van der Waals surface area (Å²) >= 11 is 0. The number of hydrogen-bond acceptors (Lipinski definition) is 3. The minimum absolute atomic E-state index is 0.156. The maximum absolute atomic E-state index is 13.0. The maximum Gasteiger partial charge on any atom is 0.282 e. The fourth-order valence-electron chi connectivity index (χ4n) is 3.43. The lowest BCUT2D eigenvalue weighted by Gasteiger charge is -2.34. The van der Waals surface area contributed by atoms with Crippen LogP contribution in [0.1, 0.15) is 37.1 Å². The lowest BCUT2D eigenvalue weighted by Crippen LogP contribution is -2.46. The van der Waals surface area contributed by atoms with Crippen LogP contribution >= 0.6 is 0 Å². The van der Waals surface area contributed by atoms with Crippen LogP contribution in [0.3, 0.4) is 0 Å². The summed E-state index contributed by atoms with van der Waals surface area (Å²) in [7, 11) is -1.82. The molecule has 0 bridgehead atoms. The molecule has 1 aromatic carbocycles. The van der Waals surface area contributed by atoms with Crippen LogP contribution in [0.5, 0.6) is 0 Å². The number of nitrogens with zero attached hydrogens (tertiary/aromatic N) is 4. The van der Waals surface area contributed by atoms with E-state index in [0.717, 1.165) is 30.8 Å². The molecule has 2 heterocycles. The van der Waals surface area contributed by atoms with Gasteiger partial charge in [0.2, 0.25) is 0 Å². The first kappa shape index (κ1) is 18.1. The van der Waals surface area contributed by atoms with Crippen LogP contribution in [-0.2, 0) is 23.3 Å². The fourth-order valence-corrected chi connectivity index (χ4v) is 4.86. The number of imidazole rings is 1. The Hall–Kier alpha value is -1.70. The van der Waals surface area contributed by atoms with Gasteiger partial charge in [0.25, 0.3) is 10.2 Å². The van der Waals surface area contributed by atoms with E-state index in [-0.39, 0.29) is 5.92 Å². The van der Waals surface area contributed by atoms with Gasteiger partial charge in [-0.25, -0.2) is 4.98 Å². The molecule has 7 heteroatoms. The number of aromatic nitrogens is 2. The van der Waals surface area contributed by atoms with Crippen molar-refractivity contribution < 1.29 is 8.42 Å². The van der Waals surface area contributed by atoms with E-state index in [0.29, 0.717) is 19.6 Å². The number of rotatable bonds is 6. The van der Waals surface area contributed by atoms with Gasteiger partial charge in [-0.05, 0) is 25.3 Å². The standard InChI is InChI=1S/C18H26N4O2S/c1-3-21-13-11-19-18(21)17-10-7-12-22(15-17)25(23,24)20(2)14-16-8-5-4-6-9-16/h4-6,8-9,11,13,17H,3,7,10,12,14-15H2,1-2H3/t17-/m1/s1. The molecule has 1 saturated heterocycles. The molecule has 2 aromatic rings. The number of hydrogen-bond donors (Lipinski definition) is 0. The Morgan fingerprint density at radius 2 is 2.04 bits per heavy atom. The third-order valence-corrected chi connectivity index (χ3v) is 6.71. The molecule has 1 atom stereocenters. The monoisotopic (exact) mass is 362 g/mol. The van der Waals surface area contributed by atoms with Gasteiger partial charge in [-0.2, -0.15) is 17.0 Å². The van der Waals surface area contributed by atoms with Gasteiger partial charge in [0, 0.05) is 51.5 Å². The van der Waals surface area contributed by atoms with E-state index in [4.69, 9.17) is 0 Å². The second-order valence-electron chi connectivity index (χ2n) is 6.52. The Bertz CT molecular complexity index is 788. The van der Waals surface area contributed by atoms with E-state index in [1.807, 2.05) is 36.5 Å². The molecule has 0 unspecified atom stereocenters. The minimum Gasteiger partial charge on any atom is -0.335 e. The first-order valence-electron chi connectivity index (χ1n) is 8.78. The predicted octanol–water partition coefficient (Wildman–Crippen LogP) is 2.46. The molecule has 0 radical (unpaired) electrons. The molecule has 1 fully saturated rings. The van der Waals surface area contributed by atoms with Crippen molar-refractivity contribution in [1.82, 2.24) is 18.2 Å². The smallest absolute Gasteiger partial charge is 0.282 e. The van der Waals surface area contributed by atoms with Crippen LogP contribution in [0.2, 0.25) is 0 Å². The topological polar surface area (TPSA) is 58.4 Å². The highest BCUT2D eigenvalue weighted by atomic mass is 32.2. The summed E-state index contributed by atoms with van der Waals surface area (Å²) in [6.07, 6.45) is 5.60. The van der Waals surface area contributed by atoms with Crippen molar-refractivity contribution in [2.45, 2.75) is 38.8 Å². The van der Waals surface area contributed by atoms with E-state index >= 15 is 0 Å². The van der Waals surface area contributed by atoms with Crippen molar-refractivity contribution >= 4 is 10.2 Å². The van der Waals surface area contributed by atoms with Gasteiger partial charge in [0.1, 0.15) is 5.82 Å². The highest BCUT2D eigenvalue weighted by molar-refractivity contribution is 7.86. The Morgan fingerprint density at radius 3 is 2.76 bits per heavy atom. The zero-order valence-electron chi connectivity index (χ0n) is 14.9. The molecule has 25 heavy (non-hydrogen) atoms. The van der Waals surface area contributed by atoms with Gasteiger partial charge in [-0.15, -0.1) is 0 Å². The van der Waals surface area contributed by atoms with Crippen LogP contribution in [-0.4, -0.2) is 46.7 Å². The molecule has 0 saturated carbocycles. The van der Waals surface area contributed by atoms with Crippen LogP contribution < -0.4 is 0 Å². The second-order valence-corrected chi connectivity index (χ2v) is 8.55. The van der Waals surface area contributed by atoms with Crippen LogP contribution in [0.25, 0.3) is 0 Å². The lowest BCUT2D eigenvalue weighted by atomic mass is 9.99. The summed E-state index contributed by atoms with van der Waals surface area (Å²) in [6.45, 7) is 4.39. The number of piperidine rings is 1. The first-order chi connectivity index (χ1) is 12.0. The van der Waals surface area contributed by atoms with Crippen molar-refractivity contribution in [2.75, 3.05) is 20.1 Å². The minimum atomic E-state index is -3.47. The molecule has 1 aromatic heterocycles. The molecule has 6 nitrogen and oxygen atoms in total. The van der Waals surface area contributed by atoms with Gasteiger partial charge in [-0.1, -0.05) is 30.3 Å². The van der Waals surface area contributed by atoms with Crippen LogP contribution in [0, 0.1) is 0 Å². The summed E-state index contributed by atoms with van der Waals surface area (Å²) in [6, 6.07) is 9.68. The predicted molar refractivity (Wildman–Crippen MR) is 98.3 cm³/mol. The van der Waals surface area contributed by atoms with E-state index in [9.17, 15) is 8.42 Å². The quantitative estimate of drug-likeness (QED) is 0.793. The largest absolute Gasteiger partial charge is 0.335 e. The summed E-state index contributed by atoms with van der Waals surface area (Å²) in [5, 5.41) is 0. The average molecular weight is 362 g/mol. The molecule has 1 aliphatic heterocycles.